The van der Waals surface area contributed by atoms with Gasteiger partial charge in [0.25, 0.3) is 11.5 Å². The molecule has 0 aliphatic heterocycles. The standard InChI is InChI=1S/C23H22F5N3O3S/c1-34-17-8-2-14(3-9-17)12-20-29-19(13-21(32)30-20)23(33)31-22(15-4-5-15)16-6-10-18(11-7-16)35(24,25,26,27)28/h2-3,6-11,13,15,22H,4-5,12H2,1H3,(H,31,33)(H,29,30,32)/t22-/m1/s1. The van der Waals surface area contributed by atoms with Crippen LogP contribution in [0.2, 0.25) is 0 Å². The van der Waals surface area contributed by atoms with Gasteiger partial charge in [0.1, 0.15) is 22.2 Å². The summed E-state index contributed by atoms with van der Waals surface area (Å²) in [6.07, 6.45) is 1.65. The normalized spacial score (nSPS) is 16.6. The Kier molecular flexibility index (Phi) is 5.70. The first-order valence-electron chi connectivity index (χ1n) is 10.6. The van der Waals surface area contributed by atoms with E-state index in [4.69, 9.17) is 4.74 Å². The molecular weight excluding hydrogens is 493 g/mol. The number of aromatic amines is 1. The molecule has 6 nitrogen and oxygen atoms in total. The molecule has 12 heteroatoms. The third-order valence-corrected chi connectivity index (χ3v) is 6.78. The Labute approximate surface area is 197 Å². The zero-order valence-corrected chi connectivity index (χ0v) is 19.3. The molecule has 1 aliphatic carbocycles. The molecule has 2 aromatic carbocycles. The van der Waals surface area contributed by atoms with Crippen molar-refractivity contribution in [3.63, 3.8) is 0 Å². The lowest BCUT2D eigenvalue weighted by atomic mass is 10.0. The quantitative estimate of drug-likeness (QED) is 0.366. The van der Waals surface area contributed by atoms with Crippen molar-refractivity contribution < 1.29 is 29.0 Å². The average molecular weight is 516 g/mol. The van der Waals surface area contributed by atoms with Crippen LogP contribution in [0.3, 0.4) is 0 Å². The van der Waals surface area contributed by atoms with Crippen LogP contribution in [0.4, 0.5) is 19.4 Å². The third kappa shape index (κ3) is 6.18. The number of ether oxygens (including phenoxy) is 1. The molecule has 1 atom stereocenters. The molecule has 0 bridgehead atoms. The fourth-order valence-electron chi connectivity index (χ4n) is 3.70. The van der Waals surface area contributed by atoms with Crippen LogP contribution in [0.5, 0.6) is 5.75 Å². The van der Waals surface area contributed by atoms with Gasteiger partial charge in [0.15, 0.2) is 0 Å². The van der Waals surface area contributed by atoms with Gasteiger partial charge in [-0.05, 0) is 54.2 Å². The molecule has 2 N–H and O–H groups in total. The molecule has 1 saturated carbocycles. The number of H-pyrrole nitrogens is 1. The van der Waals surface area contributed by atoms with Crippen LogP contribution < -0.4 is 15.6 Å². The zero-order chi connectivity index (χ0) is 25.5. The van der Waals surface area contributed by atoms with Gasteiger partial charge in [-0.25, -0.2) is 4.98 Å². The Morgan fingerprint density at radius 1 is 1.09 bits per heavy atom. The van der Waals surface area contributed by atoms with Crippen LogP contribution in [0.15, 0.2) is 64.3 Å². The van der Waals surface area contributed by atoms with Crippen molar-refractivity contribution in [3.8, 4) is 5.75 Å². The van der Waals surface area contributed by atoms with E-state index in [1.165, 1.54) is 7.11 Å². The van der Waals surface area contributed by atoms with Gasteiger partial charge in [-0.15, -0.1) is 0 Å². The molecule has 0 radical (unpaired) electrons. The lowest BCUT2D eigenvalue weighted by molar-refractivity contribution is 0.0925. The summed E-state index contributed by atoms with van der Waals surface area (Å²) in [4.78, 5) is 29.8. The van der Waals surface area contributed by atoms with Crippen molar-refractivity contribution in [1.82, 2.24) is 15.3 Å². The number of methoxy groups -OCH3 is 1. The van der Waals surface area contributed by atoms with Gasteiger partial charge in [0.05, 0.1) is 13.2 Å². The number of halogens is 5. The second-order valence-corrected chi connectivity index (χ2v) is 10.8. The molecule has 188 valence electrons. The molecular formula is C23H22F5N3O3S. The molecule has 1 amide bonds. The van der Waals surface area contributed by atoms with E-state index in [0.29, 0.717) is 30.7 Å². The van der Waals surface area contributed by atoms with Gasteiger partial charge < -0.3 is 15.0 Å². The van der Waals surface area contributed by atoms with Crippen molar-refractivity contribution in [1.29, 1.82) is 0 Å². The summed E-state index contributed by atoms with van der Waals surface area (Å²) in [7, 11) is -8.26. The number of rotatable bonds is 8. The van der Waals surface area contributed by atoms with Gasteiger partial charge in [-0.3, -0.25) is 9.59 Å². The van der Waals surface area contributed by atoms with E-state index in [0.717, 1.165) is 23.8 Å². The smallest absolute Gasteiger partial charge is 0.310 e. The summed E-state index contributed by atoms with van der Waals surface area (Å²) in [5, 5.41) is 2.69. The molecule has 0 spiro atoms. The highest BCUT2D eigenvalue weighted by molar-refractivity contribution is 8.45. The second-order valence-electron chi connectivity index (χ2n) is 8.43. The van der Waals surface area contributed by atoms with Gasteiger partial charge in [-0.2, -0.15) is 0 Å². The van der Waals surface area contributed by atoms with E-state index in [1.54, 1.807) is 24.3 Å². The highest BCUT2D eigenvalue weighted by atomic mass is 32.5. The van der Waals surface area contributed by atoms with Gasteiger partial charge in [-0.1, -0.05) is 43.7 Å². The van der Waals surface area contributed by atoms with Crippen LogP contribution in [0.25, 0.3) is 0 Å². The van der Waals surface area contributed by atoms with E-state index in [9.17, 15) is 29.0 Å². The zero-order valence-electron chi connectivity index (χ0n) is 18.4. The van der Waals surface area contributed by atoms with E-state index in [1.807, 2.05) is 0 Å². The Bertz CT molecular complexity index is 1310. The second kappa shape index (κ2) is 8.08. The van der Waals surface area contributed by atoms with Crippen molar-refractivity contribution in [3.05, 3.63) is 87.6 Å². The monoisotopic (exact) mass is 515 g/mol. The SMILES string of the molecule is COc1ccc(Cc2nc(C(=O)N[C@@H](c3ccc(S(F)(F)(F)(F)F)cc3)C3CC3)cc(=O)[nH]2)cc1. The minimum absolute atomic E-state index is 0.0643. The number of amides is 1. The van der Waals surface area contributed by atoms with Crippen molar-refractivity contribution in [2.75, 3.05) is 7.11 Å². The molecule has 1 fully saturated rings. The van der Waals surface area contributed by atoms with Gasteiger partial charge in [0.2, 0.25) is 0 Å². The number of carbonyl (C=O) groups is 1. The number of hydrogen-bond donors (Lipinski definition) is 2. The van der Waals surface area contributed by atoms with Crippen LogP contribution in [-0.4, -0.2) is 23.0 Å². The Balaban J connectivity index is 1.54. The molecule has 3 aromatic rings. The molecule has 0 unspecified atom stereocenters. The minimum atomic E-state index is -9.79. The van der Waals surface area contributed by atoms with E-state index < -0.39 is 32.6 Å². The largest absolute Gasteiger partial charge is 0.497 e. The predicted molar refractivity (Wildman–Crippen MR) is 121 cm³/mol. The lowest BCUT2D eigenvalue weighted by Crippen LogP contribution is -2.32. The van der Waals surface area contributed by atoms with Gasteiger partial charge in [0, 0.05) is 12.5 Å². The summed E-state index contributed by atoms with van der Waals surface area (Å²) >= 11 is 0. The maximum absolute atomic E-state index is 13.0. The topological polar surface area (TPSA) is 84.1 Å². The fourth-order valence-corrected chi connectivity index (χ4v) is 4.35. The van der Waals surface area contributed by atoms with Crippen molar-refractivity contribution in [2.45, 2.75) is 30.2 Å². The molecule has 0 saturated heterocycles. The summed E-state index contributed by atoms with van der Waals surface area (Å²) in [6.45, 7) is 0. The molecule has 35 heavy (non-hydrogen) atoms. The average Bonchev–Trinajstić information content (AvgIpc) is 3.61. The first kappa shape index (κ1) is 24.7. The molecule has 1 heterocycles. The number of benzene rings is 2. The highest BCUT2D eigenvalue weighted by Gasteiger charge is 2.65. The first-order valence-corrected chi connectivity index (χ1v) is 12.5. The summed E-state index contributed by atoms with van der Waals surface area (Å²) < 4.78 is 70.3. The number of carbonyl (C=O) groups excluding carboxylic acids is 1. The number of aromatic nitrogens is 2. The number of nitrogens with one attached hydrogen (secondary N) is 2. The molecule has 1 aliphatic rings. The van der Waals surface area contributed by atoms with Crippen LogP contribution in [0, 0.1) is 5.92 Å². The summed E-state index contributed by atoms with van der Waals surface area (Å²) in [6, 6.07) is 9.91. The van der Waals surface area contributed by atoms with Crippen LogP contribution in [-0.2, 0) is 6.42 Å². The first-order chi connectivity index (χ1) is 16.2. The Hall–Kier alpha value is -3.41. The maximum atomic E-state index is 13.0. The van der Waals surface area contributed by atoms with Crippen LogP contribution >= 0.6 is 10.2 Å². The van der Waals surface area contributed by atoms with Crippen molar-refractivity contribution in [2.24, 2.45) is 5.92 Å². The van der Waals surface area contributed by atoms with Crippen molar-refractivity contribution >= 4 is 16.1 Å². The maximum Gasteiger partial charge on any atom is 0.310 e. The van der Waals surface area contributed by atoms with Gasteiger partial charge >= 0.3 is 10.2 Å². The minimum Gasteiger partial charge on any atom is -0.497 e. The number of nitrogens with zero attached hydrogens (tertiary/aromatic N) is 1. The number of hydrogen-bond acceptors (Lipinski definition) is 4. The molecule has 1 aromatic heterocycles. The molecule has 4 rings (SSSR count). The predicted octanol–water partition coefficient (Wildman–Crippen LogP) is 5.91. The van der Waals surface area contributed by atoms with E-state index in [2.05, 4.69) is 15.3 Å². The lowest BCUT2D eigenvalue weighted by Gasteiger charge is -2.40. The summed E-state index contributed by atoms with van der Waals surface area (Å²) in [5.74, 6) is 0.144. The van der Waals surface area contributed by atoms with Crippen LogP contribution in [0.1, 0.15) is 46.3 Å². The Morgan fingerprint density at radius 2 is 1.71 bits per heavy atom. The highest BCUT2D eigenvalue weighted by Crippen LogP contribution is 3.02. The fraction of sp³-hybridized carbons (Fsp3) is 0.261. The van der Waals surface area contributed by atoms with E-state index >= 15 is 0 Å². The third-order valence-electron chi connectivity index (χ3n) is 5.62. The summed E-state index contributed by atoms with van der Waals surface area (Å²) in [5.41, 5.74) is 0.365. The Morgan fingerprint density at radius 3 is 2.26 bits per heavy atom. The van der Waals surface area contributed by atoms with E-state index in [-0.39, 0.29) is 29.4 Å².